The van der Waals surface area contributed by atoms with Crippen LogP contribution >= 0.6 is 15.9 Å². The number of nitrogens with zero attached hydrogens (tertiary/aromatic N) is 1. The first-order valence-electron chi connectivity index (χ1n) is 5.23. The van der Waals surface area contributed by atoms with E-state index in [4.69, 9.17) is 0 Å². The minimum atomic E-state index is -0.139. The maximum absolute atomic E-state index is 12.0. The van der Waals surface area contributed by atoms with Gasteiger partial charge in [-0.25, -0.2) is 0 Å². The summed E-state index contributed by atoms with van der Waals surface area (Å²) in [5.41, 5.74) is 0.446. The number of carbonyl (C=O) groups excluding carboxylic acids is 1. The SMILES string of the molecule is CC1(NC(=O)c2cncc(Br)c2)CCNC1. The summed E-state index contributed by atoms with van der Waals surface area (Å²) in [6, 6.07) is 1.77. The van der Waals surface area contributed by atoms with E-state index in [1.807, 2.05) is 0 Å². The fraction of sp³-hybridized carbons (Fsp3) is 0.455. The van der Waals surface area contributed by atoms with Crippen LogP contribution in [0.4, 0.5) is 0 Å². The summed E-state index contributed by atoms with van der Waals surface area (Å²) < 4.78 is 0.815. The average Bonchev–Trinajstić information content (AvgIpc) is 2.65. The Labute approximate surface area is 103 Å². The van der Waals surface area contributed by atoms with Gasteiger partial charge in [-0.15, -0.1) is 0 Å². The number of pyridine rings is 1. The lowest BCUT2D eigenvalue weighted by Gasteiger charge is -2.24. The molecule has 0 aromatic carbocycles. The quantitative estimate of drug-likeness (QED) is 0.861. The van der Waals surface area contributed by atoms with Gasteiger partial charge < -0.3 is 10.6 Å². The molecule has 2 N–H and O–H groups in total. The van der Waals surface area contributed by atoms with Crippen LogP contribution in [-0.2, 0) is 0 Å². The highest BCUT2D eigenvalue weighted by Crippen LogP contribution is 2.15. The molecular weight excluding hydrogens is 270 g/mol. The molecule has 1 aliphatic rings. The lowest BCUT2D eigenvalue weighted by atomic mass is 10.0. The smallest absolute Gasteiger partial charge is 0.253 e. The van der Waals surface area contributed by atoms with E-state index in [0.29, 0.717) is 5.56 Å². The average molecular weight is 284 g/mol. The molecule has 1 aromatic rings. The summed E-state index contributed by atoms with van der Waals surface area (Å²) in [5, 5.41) is 6.28. The minimum Gasteiger partial charge on any atom is -0.346 e. The number of aromatic nitrogens is 1. The fourth-order valence-corrected chi connectivity index (χ4v) is 2.17. The largest absolute Gasteiger partial charge is 0.346 e. The third-order valence-corrected chi connectivity index (χ3v) is 3.18. The first kappa shape index (κ1) is 11.5. The van der Waals surface area contributed by atoms with Gasteiger partial charge in [0.05, 0.1) is 11.1 Å². The van der Waals surface area contributed by atoms with E-state index < -0.39 is 0 Å². The van der Waals surface area contributed by atoms with Crippen LogP contribution in [0.2, 0.25) is 0 Å². The number of carbonyl (C=O) groups is 1. The molecule has 1 aliphatic heterocycles. The second-order valence-electron chi connectivity index (χ2n) is 4.33. The van der Waals surface area contributed by atoms with Gasteiger partial charge in [0.2, 0.25) is 0 Å². The molecule has 1 aromatic heterocycles. The Morgan fingerprint density at radius 2 is 2.44 bits per heavy atom. The molecule has 0 radical (unpaired) electrons. The molecule has 0 saturated carbocycles. The first-order chi connectivity index (χ1) is 7.59. The summed E-state index contributed by atoms with van der Waals surface area (Å²) in [6.45, 7) is 3.82. The summed E-state index contributed by atoms with van der Waals surface area (Å²) in [6.07, 6.45) is 4.20. The third-order valence-electron chi connectivity index (χ3n) is 2.75. The highest BCUT2D eigenvalue weighted by atomic mass is 79.9. The molecule has 4 nitrogen and oxygen atoms in total. The molecule has 86 valence electrons. The number of hydrogen-bond donors (Lipinski definition) is 2. The van der Waals surface area contributed by atoms with Crippen molar-refractivity contribution in [1.29, 1.82) is 0 Å². The van der Waals surface area contributed by atoms with Gasteiger partial charge in [0.25, 0.3) is 5.91 Å². The number of amides is 1. The fourth-order valence-electron chi connectivity index (χ4n) is 1.81. The van der Waals surface area contributed by atoms with Gasteiger partial charge in [0.15, 0.2) is 0 Å². The maximum atomic E-state index is 12.0. The van der Waals surface area contributed by atoms with Crippen LogP contribution in [0.1, 0.15) is 23.7 Å². The lowest BCUT2D eigenvalue weighted by molar-refractivity contribution is 0.0912. The van der Waals surface area contributed by atoms with Crippen LogP contribution in [0.25, 0.3) is 0 Å². The normalized spacial score (nSPS) is 24.4. The molecule has 1 fully saturated rings. The predicted octanol–water partition coefficient (Wildman–Crippen LogP) is 1.33. The zero-order valence-electron chi connectivity index (χ0n) is 9.09. The van der Waals surface area contributed by atoms with E-state index in [9.17, 15) is 4.79 Å². The molecular formula is C11H14BrN3O. The zero-order chi connectivity index (χ0) is 11.6. The zero-order valence-corrected chi connectivity index (χ0v) is 10.7. The van der Waals surface area contributed by atoms with Crippen LogP contribution in [0, 0.1) is 0 Å². The first-order valence-corrected chi connectivity index (χ1v) is 6.02. The summed E-state index contributed by atoms with van der Waals surface area (Å²) in [7, 11) is 0. The monoisotopic (exact) mass is 283 g/mol. The molecule has 1 saturated heterocycles. The highest BCUT2D eigenvalue weighted by Gasteiger charge is 2.30. The number of halogens is 1. The van der Waals surface area contributed by atoms with Crippen LogP contribution < -0.4 is 10.6 Å². The van der Waals surface area contributed by atoms with E-state index in [1.165, 1.54) is 0 Å². The molecule has 0 bridgehead atoms. The number of hydrogen-bond acceptors (Lipinski definition) is 3. The van der Waals surface area contributed by atoms with Gasteiger partial charge in [-0.2, -0.15) is 0 Å². The van der Waals surface area contributed by atoms with Crippen molar-refractivity contribution in [2.45, 2.75) is 18.9 Å². The van der Waals surface area contributed by atoms with Crippen molar-refractivity contribution in [1.82, 2.24) is 15.6 Å². The minimum absolute atomic E-state index is 0.0694. The Balaban J connectivity index is 2.08. The van der Waals surface area contributed by atoms with Gasteiger partial charge in [0, 0.05) is 23.4 Å². The van der Waals surface area contributed by atoms with Crippen molar-refractivity contribution in [3.8, 4) is 0 Å². The standard InChI is InChI=1S/C11H14BrN3O/c1-11(2-3-13-7-11)15-10(16)8-4-9(12)6-14-5-8/h4-6,13H,2-3,7H2,1H3,(H,15,16). The second-order valence-corrected chi connectivity index (χ2v) is 5.25. The Bertz CT molecular complexity index is 402. The van der Waals surface area contributed by atoms with Gasteiger partial charge in [-0.1, -0.05) is 0 Å². The molecule has 1 atom stereocenters. The molecule has 2 heterocycles. The Kier molecular flexibility index (Phi) is 3.25. The van der Waals surface area contributed by atoms with Crippen LogP contribution in [-0.4, -0.2) is 29.5 Å². The molecule has 0 aliphatic carbocycles. The molecule has 0 spiro atoms. The van der Waals surface area contributed by atoms with E-state index in [1.54, 1.807) is 18.5 Å². The van der Waals surface area contributed by atoms with Crippen molar-refractivity contribution in [3.05, 3.63) is 28.5 Å². The maximum Gasteiger partial charge on any atom is 0.253 e. The van der Waals surface area contributed by atoms with Crippen molar-refractivity contribution in [2.24, 2.45) is 0 Å². The van der Waals surface area contributed by atoms with Crippen molar-refractivity contribution >= 4 is 21.8 Å². The van der Waals surface area contributed by atoms with E-state index in [2.05, 4.69) is 38.5 Å². The Morgan fingerprint density at radius 3 is 3.06 bits per heavy atom. The van der Waals surface area contributed by atoms with E-state index >= 15 is 0 Å². The van der Waals surface area contributed by atoms with Crippen molar-refractivity contribution in [2.75, 3.05) is 13.1 Å². The molecule has 1 amide bonds. The molecule has 5 heteroatoms. The van der Waals surface area contributed by atoms with Gasteiger partial charge in [-0.3, -0.25) is 9.78 Å². The van der Waals surface area contributed by atoms with Gasteiger partial charge in [-0.05, 0) is 41.9 Å². The van der Waals surface area contributed by atoms with Gasteiger partial charge in [0.1, 0.15) is 0 Å². The van der Waals surface area contributed by atoms with Crippen LogP contribution in [0.5, 0.6) is 0 Å². The second kappa shape index (κ2) is 4.51. The Hall–Kier alpha value is -0.940. The summed E-state index contributed by atoms with van der Waals surface area (Å²) in [4.78, 5) is 15.9. The van der Waals surface area contributed by atoms with Crippen molar-refractivity contribution < 1.29 is 4.79 Å². The van der Waals surface area contributed by atoms with Gasteiger partial charge >= 0.3 is 0 Å². The number of rotatable bonds is 2. The molecule has 16 heavy (non-hydrogen) atoms. The molecule has 2 rings (SSSR count). The summed E-state index contributed by atoms with van der Waals surface area (Å²) >= 11 is 3.30. The highest BCUT2D eigenvalue weighted by molar-refractivity contribution is 9.10. The van der Waals surface area contributed by atoms with Crippen molar-refractivity contribution in [3.63, 3.8) is 0 Å². The van der Waals surface area contributed by atoms with E-state index in [0.717, 1.165) is 24.0 Å². The topological polar surface area (TPSA) is 54.0 Å². The number of nitrogens with one attached hydrogen (secondary N) is 2. The molecule has 1 unspecified atom stereocenters. The Morgan fingerprint density at radius 1 is 1.62 bits per heavy atom. The predicted molar refractivity (Wildman–Crippen MR) is 65.3 cm³/mol. The van der Waals surface area contributed by atoms with Crippen LogP contribution in [0.3, 0.4) is 0 Å². The van der Waals surface area contributed by atoms with Crippen LogP contribution in [0.15, 0.2) is 22.9 Å². The lowest BCUT2D eigenvalue weighted by Crippen LogP contribution is -2.47. The third kappa shape index (κ3) is 2.59. The summed E-state index contributed by atoms with van der Waals surface area (Å²) in [5.74, 6) is -0.0694. The van der Waals surface area contributed by atoms with E-state index in [-0.39, 0.29) is 11.4 Å².